The molecule has 0 aromatic rings. The number of esters is 4. The Morgan fingerprint density at radius 1 is 0.273 bits per heavy atom. The lowest BCUT2D eigenvalue weighted by Crippen LogP contribution is -2.30. The quantitative estimate of drug-likeness (QED) is 0.0222. The van der Waals surface area contributed by atoms with Gasteiger partial charge in [0.1, 0.15) is 19.3 Å². The summed E-state index contributed by atoms with van der Waals surface area (Å²) >= 11 is 0. The van der Waals surface area contributed by atoms with Crippen molar-refractivity contribution in [3.8, 4) is 0 Å². The molecule has 19 heteroatoms. The fourth-order valence-electron chi connectivity index (χ4n) is 12.3. The van der Waals surface area contributed by atoms with Gasteiger partial charge in [0, 0.05) is 25.7 Å². The van der Waals surface area contributed by atoms with Crippen molar-refractivity contribution in [3.63, 3.8) is 0 Å². The molecule has 5 atom stereocenters. The Bertz CT molecular complexity index is 1920. The minimum Gasteiger partial charge on any atom is -0.462 e. The van der Waals surface area contributed by atoms with Crippen LogP contribution in [0.15, 0.2) is 0 Å². The van der Waals surface area contributed by atoms with Crippen LogP contribution in [-0.2, 0) is 65.4 Å². The van der Waals surface area contributed by atoms with Crippen LogP contribution in [0.2, 0.25) is 0 Å². The second-order valence-corrected chi connectivity index (χ2v) is 33.1. The van der Waals surface area contributed by atoms with Gasteiger partial charge in [0.2, 0.25) is 0 Å². The summed E-state index contributed by atoms with van der Waals surface area (Å²) < 4.78 is 68.6. The van der Waals surface area contributed by atoms with Crippen molar-refractivity contribution in [1.82, 2.24) is 0 Å². The Hall–Kier alpha value is -1.94. The highest BCUT2D eigenvalue weighted by Crippen LogP contribution is 2.45. The van der Waals surface area contributed by atoms with Gasteiger partial charge in [-0.1, -0.05) is 363 Å². The van der Waals surface area contributed by atoms with Gasteiger partial charge in [-0.15, -0.1) is 0 Å². The number of carbonyl (C=O) groups excluding carboxylic acids is 4. The third-order valence-corrected chi connectivity index (χ3v) is 20.5. The van der Waals surface area contributed by atoms with Crippen LogP contribution in [0.5, 0.6) is 0 Å². The number of phosphoric acid groups is 2. The molecule has 0 rings (SSSR count). The van der Waals surface area contributed by atoms with E-state index in [0.29, 0.717) is 31.6 Å². The second kappa shape index (κ2) is 70.4. The Labute approximate surface area is 607 Å². The maximum Gasteiger partial charge on any atom is 0.472 e. The Kier molecular flexibility index (Phi) is 69.0. The fourth-order valence-corrected chi connectivity index (χ4v) is 13.9. The number of carbonyl (C=O) groups is 4. The zero-order chi connectivity index (χ0) is 73.0. The van der Waals surface area contributed by atoms with E-state index in [0.717, 1.165) is 108 Å². The number of unbranched alkanes of at least 4 members (excludes halogenated alkanes) is 46. The first kappa shape index (κ1) is 97.1. The summed E-state index contributed by atoms with van der Waals surface area (Å²) in [4.78, 5) is 72.9. The molecular weight excluding hydrogens is 1290 g/mol. The van der Waals surface area contributed by atoms with E-state index < -0.39 is 97.5 Å². The van der Waals surface area contributed by atoms with Gasteiger partial charge in [0.15, 0.2) is 12.2 Å². The summed E-state index contributed by atoms with van der Waals surface area (Å²) in [6, 6.07) is 0. The van der Waals surface area contributed by atoms with Gasteiger partial charge in [0.25, 0.3) is 0 Å². The standard InChI is InChI=1S/C80H156O17P2/c1-8-9-10-11-12-13-14-15-16-17-21-24-27-30-33-39-47-54-61-77(82)90-67-75(96-79(84)63-56-49-40-34-31-28-25-22-19-18-20-23-26-29-32-37-44-51-58-71(2)3)69-94-98(86,87)92-65-74(81)66-93-99(88,89)95-70-76(68-91-78(83)62-55-48-43-42-46-53-60-73(6)7)97-80(85)64-57-50-41-36-35-38-45-52-59-72(4)5/h71-76,81H,8-70H2,1-7H3,(H,86,87)(H,88,89)/t74-,75-,76-/m1/s1. The molecule has 0 aliphatic heterocycles. The van der Waals surface area contributed by atoms with Crippen LogP contribution in [0.4, 0.5) is 0 Å². The number of hydrogen-bond donors (Lipinski definition) is 3. The first-order chi connectivity index (χ1) is 47.7. The molecule has 0 aliphatic carbocycles. The number of rotatable bonds is 78. The topological polar surface area (TPSA) is 237 Å². The third kappa shape index (κ3) is 74.1. The molecule has 0 saturated heterocycles. The van der Waals surface area contributed by atoms with E-state index >= 15 is 0 Å². The lowest BCUT2D eigenvalue weighted by Gasteiger charge is -2.21. The first-order valence-corrected chi connectivity index (χ1v) is 44.3. The van der Waals surface area contributed by atoms with Crippen LogP contribution >= 0.6 is 15.6 Å². The maximum absolute atomic E-state index is 13.1. The molecule has 588 valence electrons. The number of aliphatic hydroxyl groups is 1. The molecule has 17 nitrogen and oxygen atoms in total. The summed E-state index contributed by atoms with van der Waals surface area (Å²) in [5.41, 5.74) is 0. The molecule has 0 bridgehead atoms. The van der Waals surface area contributed by atoms with Crippen LogP contribution in [0, 0.1) is 17.8 Å². The molecule has 0 aromatic heterocycles. The second-order valence-electron chi connectivity index (χ2n) is 30.2. The monoisotopic (exact) mass is 1450 g/mol. The number of hydrogen-bond acceptors (Lipinski definition) is 15. The molecule has 0 aromatic carbocycles. The predicted molar refractivity (Wildman–Crippen MR) is 405 cm³/mol. The summed E-state index contributed by atoms with van der Waals surface area (Å²) in [5, 5.41) is 10.6. The normalized spacial score (nSPS) is 14.0. The Morgan fingerprint density at radius 2 is 0.465 bits per heavy atom. The van der Waals surface area contributed by atoms with Gasteiger partial charge >= 0.3 is 39.5 Å². The van der Waals surface area contributed by atoms with E-state index in [1.54, 1.807) is 0 Å². The molecular formula is C80H156O17P2. The summed E-state index contributed by atoms with van der Waals surface area (Å²) in [6.45, 7) is 11.8. The molecule has 3 N–H and O–H groups in total. The predicted octanol–water partition coefficient (Wildman–Crippen LogP) is 23.7. The highest BCUT2D eigenvalue weighted by Gasteiger charge is 2.30. The molecule has 0 saturated carbocycles. The Morgan fingerprint density at radius 3 is 0.687 bits per heavy atom. The van der Waals surface area contributed by atoms with Crippen molar-refractivity contribution >= 4 is 39.5 Å². The molecule has 0 spiro atoms. The van der Waals surface area contributed by atoms with Crippen molar-refractivity contribution in [2.24, 2.45) is 17.8 Å². The highest BCUT2D eigenvalue weighted by atomic mass is 31.2. The van der Waals surface area contributed by atoms with Crippen LogP contribution in [0.1, 0.15) is 414 Å². The zero-order valence-electron chi connectivity index (χ0n) is 65.0. The summed E-state index contributed by atoms with van der Waals surface area (Å²) in [6.07, 6.45) is 58.7. The van der Waals surface area contributed by atoms with E-state index in [9.17, 15) is 43.2 Å². The van der Waals surface area contributed by atoms with E-state index in [2.05, 4.69) is 48.5 Å². The van der Waals surface area contributed by atoms with Gasteiger partial charge in [-0.3, -0.25) is 37.3 Å². The number of ether oxygens (including phenoxy) is 4. The lowest BCUT2D eigenvalue weighted by atomic mass is 10.0. The largest absolute Gasteiger partial charge is 0.472 e. The number of phosphoric ester groups is 2. The first-order valence-electron chi connectivity index (χ1n) is 41.3. The maximum atomic E-state index is 13.1. The highest BCUT2D eigenvalue weighted by molar-refractivity contribution is 7.47. The summed E-state index contributed by atoms with van der Waals surface area (Å²) in [5.74, 6) is 0.101. The molecule has 2 unspecified atom stereocenters. The van der Waals surface area contributed by atoms with Crippen molar-refractivity contribution in [2.75, 3.05) is 39.6 Å². The van der Waals surface area contributed by atoms with Crippen molar-refractivity contribution < 1.29 is 80.2 Å². The van der Waals surface area contributed by atoms with Crippen molar-refractivity contribution in [2.45, 2.75) is 433 Å². The van der Waals surface area contributed by atoms with E-state index in [1.807, 2.05) is 0 Å². The van der Waals surface area contributed by atoms with E-state index in [4.69, 9.17) is 37.0 Å². The van der Waals surface area contributed by atoms with Crippen LogP contribution in [0.3, 0.4) is 0 Å². The molecule has 99 heavy (non-hydrogen) atoms. The van der Waals surface area contributed by atoms with Gasteiger partial charge in [-0.2, -0.15) is 0 Å². The zero-order valence-corrected chi connectivity index (χ0v) is 66.8. The van der Waals surface area contributed by atoms with Gasteiger partial charge in [-0.05, 0) is 43.4 Å². The molecule has 0 aliphatic rings. The molecule has 0 heterocycles. The SMILES string of the molecule is CCCCCCCCCCCCCCCCCCCCC(=O)OC[C@H](COP(=O)(O)OC[C@@H](O)COP(=O)(O)OC[C@@H](COC(=O)CCCCCCCCC(C)C)OC(=O)CCCCCCCCCCC(C)C)OC(=O)CCCCCCCCCCCCCCCCCCCCC(C)C. The fraction of sp³-hybridized carbons (Fsp3) is 0.950. The average Bonchev–Trinajstić information content (AvgIpc) is 0.963. The van der Waals surface area contributed by atoms with Crippen LogP contribution in [0.25, 0.3) is 0 Å². The van der Waals surface area contributed by atoms with Crippen molar-refractivity contribution in [1.29, 1.82) is 0 Å². The van der Waals surface area contributed by atoms with Gasteiger partial charge in [0.05, 0.1) is 26.4 Å². The number of aliphatic hydroxyl groups excluding tert-OH is 1. The average molecular weight is 1450 g/mol. The van der Waals surface area contributed by atoms with Gasteiger partial charge < -0.3 is 33.8 Å². The van der Waals surface area contributed by atoms with Crippen LogP contribution < -0.4 is 0 Å². The third-order valence-electron chi connectivity index (χ3n) is 18.6. The molecule has 0 amide bonds. The van der Waals surface area contributed by atoms with Crippen LogP contribution in [-0.4, -0.2) is 96.7 Å². The smallest absolute Gasteiger partial charge is 0.462 e. The molecule has 0 radical (unpaired) electrons. The Balaban J connectivity index is 5.19. The summed E-state index contributed by atoms with van der Waals surface area (Å²) in [7, 11) is -9.92. The van der Waals surface area contributed by atoms with E-state index in [-0.39, 0.29) is 25.7 Å². The van der Waals surface area contributed by atoms with E-state index in [1.165, 1.54) is 218 Å². The lowest BCUT2D eigenvalue weighted by molar-refractivity contribution is -0.161. The minimum atomic E-state index is -4.96. The van der Waals surface area contributed by atoms with Gasteiger partial charge in [-0.25, -0.2) is 9.13 Å². The van der Waals surface area contributed by atoms with Crippen molar-refractivity contribution in [3.05, 3.63) is 0 Å². The molecule has 0 fully saturated rings. The minimum absolute atomic E-state index is 0.103.